The first-order valence-electron chi connectivity index (χ1n) is 8.06. The first-order chi connectivity index (χ1) is 11.3. The predicted octanol–water partition coefficient (Wildman–Crippen LogP) is 3.92. The third-order valence-corrected chi connectivity index (χ3v) is 4.46. The fourth-order valence-electron chi connectivity index (χ4n) is 3.18. The van der Waals surface area contributed by atoms with E-state index in [1.54, 1.807) is 12.5 Å². The summed E-state index contributed by atoms with van der Waals surface area (Å²) >= 11 is 0. The summed E-state index contributed by atoms with van der Waals surface area (Å²) in [6.07, 6.45) is 6.55. The average molecular weight is 345 g/mol. The van der Waals surface area contributed by atoms with Gasteiger partial charge in [0, 0.05) is 18.0 Å². The Morgan fingerprint density at radius 1 is 1.08 bits per heavy atom. The molecule has 0 radical (unpaired) electrons. The maximum atomic E-state index is 6.02. The molecule has 0 N–H and O–H groups in total. The van der Waals surface area contributed by atoms with Crippen LogP contribution in [-0.2, 0) is 28.2 Å². The molecule has 1 saturated heterocycles. The topological polar surface area (TPSA) is 36.3 Å². The fraction of sp³-hybridized carbons (Fsp3) is 0.316. The van der Waals surface area contributed by atoms with E-state index >= 15 is 0 Å². The quantitative estimate of drug-likeness (QED) is 0.719. The molecule has 24 heavy (non-hydrogen) atoms. The number of nitrogens with zero attached hydrogens (tertiary/aromatic N) is 2. The highest BCUT2D eigenvalue weighted by Crippen LogP contribution is 2.35. The molecular formula is C19H21ClN2O2. The number of aromatic nitrogens is 2. The van der Waals surface area contributed by atoms with Crippen molar-refractivity contribution in [1.82, 2.24) is 9.55 Å². The van der Waals surface area contributed by atoms with Crippen LogP contribution in [-0.4, -0.2) is 22.8 Å². The third-order valence-electron chi connectivity index (χ3n) is 4.46. The van der Waals surface area contributed by atoms with Crippen LogP contribution >= 0.6 is 12.4 Å². The average Bonchev–Trinajstić information content (AvgIpc) is 3.27. The van der Waals surface area contributed by atoms with E-state index in [-0.39, 0.29) is 12.4 Å². The van der Waals surface area contributed by atoms with Crippen molar-refractivity contribution >= 4 is 23.2 Å². The van der Waals surface area contributed by atoms with Crippen LogP contribution in [0.25, 0.3) is 10.8 Å². The Balaban J connectivity index is 0.00000169. The minimum atomic E-state index is -0.724. The summed E-state index contributed by atoms with van der Waals surface area (Å²) in [7, 11) is 0. The second-order valence-electron chi connectivity index (χ2n) is 5.93. The molecule has 2 aromatic carbocycles. The van der Waals surface area contributed by atoms with Crippen LogP contribution in [0.2, 0.25) is 0 Å². The number of imidazole rings is 1. The van der Waals surface area contributed by atoms with Gasteiger partial charge in [0.25, 0.3) is 0 Å². The smallest absolute Gasteiger partial charge is 0.213 e. The van der Waals surface area contributed by atoms with Gasteiger partial charge in [-0.25, -0.2) is 4.98 Å². The lowest BCUT2D eigenvalue weighted by Crippen LogP contribution is -2.32. The molecule has 126 valence electrons. The van der Waals surface area contributed by atoms with E-state index in [1.807, 2.05) is 10.8 Å². The zero-order valence-corrected chi connectivity index (χ0v) is 14.5. The highest BCUT2D eigenvalue weighted by Gasteiger charge is 2.39. The van der Waals surface area contributed by atoms with Crippen LogP contribution in [0.3, 0.4) is 0 Å². The van der Waals surface area contributed by atoms with E-state index in [9.17, 15) is 0 Å². The fourth-order valence-corrected chi connectivity index (χ4v) is 3.18. The third kappa shape index (κ3) is 3.05. The van der Waals surface area contributed by atoms with Crippen molar-refractivity contribution in [2.24, 2.45) is 0 Å². The van der Waals surface area contributed by atoms with Gasteiger partial charge in [0.2, 0.25) is 5.79 Å². The molecule has 0 amide bonds. The minimum Gasteiger partial charge on any atom is -0.342 e. The number of halogens is 1. The van der Waals surface area contributed by atoms with Gasteiger partial charge in [-0.2, -0.15) is 0 Å². The van der Waals surface area contributed by atoms with Crippen molar-refractivity contribution in [3.05, 3.63) is 66.2 Å². The zero-order chi connectivity index (χ0) is 15.7. The van der Waals surface area contributed by atoms with E-state index in [0.29, 0.717) is 19.8 Å². The maximum Gasteiger partial charge on any atom is 0.213 e. The number of rotatable bonds is 4. The van der Waals surface area contributed by atoms with Crippen molar-refractivity contribution in [3.8, 4) is 0 Å². The molecule has 0 bridgehead atoms. The van der Waals surface area contributed by atoms with Gasteiger partial charge in [0.1, 0.15) is 0 Å². The van der Waals surface area contributed by atoms with Gasteiger partial charge in [-0.05, 0) is 28.8 Å². The highest BCUT2D eigenvalue weighted by atomic mass is 35.5. The molecule has 4 nitrogen and oxygen atoms in total. The second kappa shape index (κ2) is 6.93. The Kier molecular flexibility index (Phi) is 4.90. The van der Waals surface area contributed by atoms with Crippen molar-refractivity contribution < 1.29 is 9.47 Å². The summed E-state index contributed by atoms with van der Waals surface area (Å²) < 4.78 is 14.0. The normalized spacial score (nSPS) is 16.2. The molecule has 0 aliphatic carbocycles. The van der Waals surface area contributed by atoms with Crippen LogP contribution in [0.15, 0.2) is 55.1 Å². The van der Waals surface area contributed by atoms with Crippen molar-refractivity contribution in [3.63, 3.8) is 0 Å². The molecule has 2 heterocycles. The Hall–Kier alpha value is -1.88. The standard InChI is InChI=1S/C19H20N2O2.ClH/c1-2-15-3-4-17-12-18(6-5-16(17)11-15)19(22-9-10-23-19)13-21-8-7-20-14-21;/h3-8,11-12,14H,2,9-10,13H2,1H3;1H. The molecule has 1 aliphatic heterocycles. The lowest BCUT2D eigenvalue weighted by molar-refractivity contribution is -0.176. The molecule has 1 fully saturated rings. The largest absolute Gasteiger partial charge is 0.342 e. The molecular weight excluding hydrogens is 324 g/mol. The van der Waals surface area contributed by atoms with Crippen molar-refractivity contribution in [2.45, 2.75) is 25.7 Å². The Bertz CT molecular complexity index is 811. The molecule has 5 heteroatoms. The lowest BCUT2D eigenvalue weighted by Gasteiger charge is -2.28. The summed E-state index contributed by atoms with van der Waals surface area (Å²) in [6.45, 7) is 4.00. The first kappa shape index (κ1) is 17.0. The van der Waals surface area contributed by atoms with E-state index in [0.717, 1.165) is 12.0 Å². The van der Waals surface area contributed by atoms with Gasteiger partial charge >= 0.3 is 0 Å². The molecule has 3 aromatic rings. The summed E-state index contributed by atoms with van der Waals surface area (Å²) in [5.41, 5.74) is 2.41. The summed E-state index contributed by atoms with van der Waals surface area (Å²) in [5.74, 6) is -0.724. The Morgan fingerprint density at radius 2 is 1.83 bits per heavy atom. The minimum absolute atomic E-state index is 0. The molecule has 4 rings (SSSR count). The SMILES string of the molecule is CCc1ccc2cc(C3(Cn4ccnc4)OCCO3)ccc2c1.Cl. The van der Waals surface area contributed by atoms with Crippen LogP contribution in [0.5, 0.6) is 0 Å². The van der Waals surface area contributed by atoms with Gasteiger partial charge in [-0.1, -0.05) is 37.3 Å². The molecule has 1 aliphatic rings. The predicted molar refractivity (Wildman–Crippen MR) is 96.4 cm³/mol. The van der Waals surface area contributed by atoms with E-state index in [4.69, 9.17) is 9.47 Å². The highest BCUT2D eigenvalue weighted by molar-refractivity contribution is 5.85. The zero-order valence-electron chi connectivity index (χ0n) is 13.6. The molecule has 0 saturated carbocycles. The Morgan fingerprint density at radius 3 is 2.54 bits per heavy atom. The summed E-state index contributed by atoms with van der Waals surface area (Å²) in [4.78, 5) is 4.11. The first-order valence-corrected chi connectivity index (χ1v) is 8.06. The van der Waals surface area contributed by atoms with Crippen LogP contribution < -0.4 is 0 Å². The number of fused-ring (bicyclic) bond motifs is 1. The lowest BCUT2D eigenvalue weighted by atomic mass is 9.99. The second-order valence-corrected chi connectivity index (χ2v) is 5.93. The summed E-state index contributed by atoms with van der Waals surface area (Å²) in [5, 5.41) is 2.47. The number of ether oxygens (including phenoxy) is 2. The van der Waals surface area contributed by atoms with Gasteiger partial charge in [-0.3, -0.25) is 0 Å². The summed E-state index contributed by atoms with van der Waals surface area (Å²) in [6, 6.07) is 13.1. The van der Waals surface area contributed by atoms with Crippen LogP contribution in [0, 0.1) is 0 Å². The van der Waals surface area contributed by atoms with Gasteiger partial charge in [0.05, 0.1) is 26.1 Å². The number of hydrogen-bond donors (Lipinski definition) is 0. The van der Waals surface area contributed by atoms with Gasteiger partial charge < -0.3 is 14.0 Å². The number of hydrogen-bond acceptors (Lipinski definition) is 3. The van der Waals surface area contributed by atoms with E-state index in [2.05, 4.69) is 48.3 Å². The number of aryl methyl sites for hydroxylation is 1. The van der Waals surface area contributed by atoms with Crippen LogP contribution in [0.4, 0.5) is 0 Å². The van der Waals surface area contributed by atoms with E-state index in [1.165, 1.54) is 16.3 Å². The van der Waals surface area contributed by atoms with Crippen molar-refractivity contribution in [2.75, 3.05) is 13.2 Å². The molecule has 1 aromatic heterocycles. The van der Waals surface area contributed by atoms with E-state index < -0.39 is 5.79 Å². The van der Waals surface area contributed by atoms with Gasteiger partial charge in [-0.15, -0.1) is 12.4 Å². The monoisotopic (exact) mass is 344 g/mol. The molecule has 0 spiro atoms. The van der Waals surface area contributed by atoms with Crippen molar-refractivity contribution in [1.29, 1.82) is 0 Å². The Labute approximate surface area is 147 Å². The number of benzene rings is 2. The van der Waals surface area contributed by atoms with Gasteiger partial charge in [0.15, 0.2) is 0 Å². The van der Waals surface area contributed by atoms with Crippen LogP contribution in [0.1, 0.15) is 18.1 Å². The maximum absolute atomic E-state index is 6.02. The molecule has 0 unspecified atom stereocenters. The molecule has 0 atom stereocenters.